The number of benzene rings is 1. The van der Waals surface area contributed by atoms with Gasteiger partial charge < -0.3 is 5.32 Å². The summed E-state index contributed by atoms with van der Waals surface area (Å²) in [6, 6.07) is 6.77. The van der Waals surface area contributed by atoms with E-state index in [1.165, 1.54) is 16.7 Å². The van der Waals surface area contributed by atoms with Crippen LogP contribution in [-0.4, -0.2) is 12.0 Å². The lowest BCUT2D eigenvalue weighted by Gasteiger charge is -2.17. The zero-order valence-electron chi connectivity index (χ0n) is 10.7. The Balaban J connectivity index is 2.45. The smallest absolute Gasteiger partial charge is 0.114 e. The maximum Gasteiger partial charge on any atom is 0.114 e. The lowest BCUT2D eigenvalue weighted by molar-refractivity contribution is 0.680. The fourth-order valence-corrected chi connectivity index (χ4v) is 2.91. The summed E-state index contributed by atoms with van der Waals surface area (Å²) in [6.07, 6.45) is 0. The molecule has 3 heteroatoms. The summed E-state index contributed by atoms with van der Waals surface area (Å²) in [5.41, 5.74) is 5.01. The minimum atomic E-state index is 0.202. The van der Waals surface area contributed by atoms with E-state index in [1.54, 1.807) is 11.3 Å². The third-order valence-electron chi connectivity index (χ3n) is 2.92. The molecule has 90 valence electrons. The first-order valence-corrected chi connectivity index (χ1v) is 6.66. The van der Waals surface area contributed by atoms with Crippen LogP contribution >= 0.6 is 11.3 Å². The number of rotatable bonds is 3. The predicted octanol–water partition coefficient (Wildman–Crippen LogP) is 3.38. The van der Waals surface area contributed by atoms with E-state index in [4.69, 9.17) is 0 Å². The highest BCUT2D eigenvalue weighted by atomic mass is 32.1. The molecular weight excluding hydrogens is 228 g/mol. The van der Waals surface area contributed by atoms with Crippen molar-refractivity contribution in [3.05, 3.63) is 51.0 Å². The highest BCUT2D eigenvalue weighted by Crippen LogP contribution is 2.27. The summed E-state index contributed by atoms with van der Waals surface area (Å²) in [4.78, 5) is 4.59. The molecule has 2 rings (SSSR count). The van der Waals surface area contributed by atoms with Gasteiger partial charge in [-0.15, -0.1) is 11.3 Å². The maximum atomic E-state index is 4.59. The van der Waals surface area contributed by atoms with Gasteiger partial charge in [0.25, 0.3) is 0 Å². The zero-order chi connectivity index (χ0) is 12.4. The molecule has 0 bridgehead atoms. The van der Waals surface area contributed by atoms with E-state index in [1.807, 2.05) is 14.0 Å². The number of nitrogens with one attached hydrogen (secondary N) is 1. The van der Waals surface area contributed by atoms with Gasteiger partial charge in [-0.3, -0.25) is 0 Å². The van der Waals surface area contributed by atoms with Gasteiger partial charge in [0.2, 0.25) is 0 Å². The zero-order valence-corrected chi connectivity index (χ0v) is 11.6. The van der Waals surface area contributed by atoms with Crippen molar-refractivity contribution in [3.63, 3.8) is 0 Å². The summed E-state index contributed by atoms with van der Waals surface area (Å²) in [7, 11) is 1.99. The van der Waals surface area contributed by atoms with Gasteiger partial charge in [0.15, 0.2) is 0 Å². The number of aromatic nitrogens is 1. The highest BCUT2D eigenvalue weighted by molar-refractivity contribution is 7.09. The van der Waals surface area contributed by atoms with Gasteiger partial charge in [-0.2, -0.15) is 0 Å². The molecule has 0 fully saturated rings. The van der Waals surface area contributed by atoms with Crippen molar-refractivity contribution in [2.45, 2.75) is 26.8 Å². The van der Waals surface area contributed by atoms with Crippen molar-refractivity contribution in [2.75, 3.05) is 7.05 Å². The predicted molar refractivity (Wildman–Crippen MR) is 73.7 cm³/mol. The van der Waals surface area contributed by atoms with Crippen molar-refractivity contribution in [2.24, 2.45) is 0 Å². The molecular formula is C14H18N2S. The SMILES string of the molecule is CNC(c1nc(C)cs1)c1cc(C)ccc1C. The van der Waals surface area contributed by atoms with Crippen molar-refractivity contribution in [3.8, 4) is 0 Å². The Labute approximate surface area is 107 Å². The molecule has 0 aliphatic heterocycles. The molecule has 0 amide bonds. The Morgan fingerprint density at radius 2 is 2.00 bits per heavy atom. The molecule has 0 aliphatic rings. The van der Waals surface area contributed by atoms with E-state index in [-0.39, 0.29) is 6.04 Å². The van der Waals surface area contributed by atoms with Crippen LogP contribution in [0.3, 0.4) is 0 Å². The minimum absolute atomic E-state index is 0.202. The second-order valence-electron chi connectivity index (χ2n) is 4.41. The first-order valence-electron chi connectivity index (χ1n) is 5.78. The van der Waals surface area contributed by atoms with Crippen molar-refractivity contribution < 1.29 is 0 Å². The molecule has 1 atom stereocenters. The second-order valence-corrected chi connectivity index (χ2v) is 5.30. The number of hydrogen-bond acceptors (Lipinski definition) is 3. The monoisotopic (exact) mass is 246 g/mol. The van der Waals surface area contributed by atoms with Gasteiger partial charge in [0.05, 0.1) is 6.04 Å². The van der Waals surface area contributed by atoms with Gasteiger partial charge in [-0.1, -0.05) is 23.8 Å². The van der Waals surface area contributed by atoms with Crippen molar-refractivity contribution in [1.82, 2.24) is 10.3 Å². The molecule has 0 saturated heterocycles. The van der Waals surface area contributed by atoms with E-state index in [0.29, 0.717) is 0 Å². The van der Waals surface area contributed by atoms with Crippen LogP contribution in [0.2, 0.25) is 0 Å². The Morgan fingerprint density at radius 1 is 1.24 bits per heavy atom. The summed E-state index contributed by atoms with van der Waals surface area (Å²) < 4.78 is 0. The van der Waals surface area contributed by atoms with Gasteiger partial charge >= 0.3 is 0 Å². The lowest BCUT2D eigenvalue weighted by Crippen LogP contribution is -2.18. The average molecular weight is 246 g/mol. The maximum absolute atomic E-state index is 4.59. The molecule has 2 nitrogen and oxygen atoms in total. The summed E-state index contributed by atoms with van der Waals surface area (Å²) in [5.74, 6) is 0. The largest absolute Gasteiger partial charge is 0.307 e. The van der Waals surface area contributed by atoms with Crippen LogP contribution in [0.1, 0.15) is 33.4 Å². The molecule has 1 N–H and O–H groups in total. The first kappa shape index (κ1) is 12.3. The van der Waals surface area contributed by atoms with E-state index in [9.17, 15) is 0 Å². The van der Waals surface area contributed by atoms with Gasteiger partial charge in [-0.05, 0) is 38.9 Å². The molecule has 0 spiro atoms. The Kier molecular flexibility index (Phi) is 3.60. The van der Waals surface area contributed by atoms with E-state index < -0.39 is 0 Å². The molecule has 1 aromatic heterocycles. The van der Waals surface area contributed by atoms with E-state index in [0.717, 1.165) is 10.7 Å². The molecule has 0 saturated carbocycles. The van der Waals surface area contributed by atoms with Gasteiger partial charge in [0.1, 0.15) is 5.01 Å². The van der Waals surface area contributed by atoms with Crippen LogP contribution in [0.25, 0.3) is 0 Å². The average Bonchev–Trinajstić information content (AvgIpc) is 2.71. The van der Waals surface area contributed by atoms with Gasteiger partial charge in [-0.25, -0.2) is 4.98 Å². The molecule has 2 aromatic rings. The fraction of sp³-hybridized carbons (Fsp3) is 0.357. The van der Waals surface area contributed by atoms with Crippen molar-refractivity contribution in [1.29, 1.82) is 0 Å². The number of hydrogen-bond donors (Lipinski definition) is 1. The Morgan fingerprint density at radius 3 is 2.59 bits per heavy atom. The third-order valence-corrected chi connectivity index (χ3v) is 3.95. The van der Waals surface area contributed by atoms with E-state index in [2.05, 4.69) is 47.7 Å². The van der Waals surface area contributed by atoms with E-state index >= 15 is 0 Å². The van der Waals surface area contributed by atoms with Crippen LogP contribution in [-0.2, 0) is 0 Å². The first-order chi connectivity index (χ1) is 8.11. The second kappa shape index (κ2) is 4.98. The van der Waals surface area contributed by atoms with Crippen LogP contribution in [0.4, 0.5) is 0 Å². The molecule has 1 heterocycles. The number of nitrogens with zero attached hydrogens (tertiary/aromatic N) is 1. The molecule has 1 aromatic carbocycles. The standard InChI is InChI=1S/C14H18N2S/c1-9-5-6-10(2)12(7-9)13(15-4)14-16-11(3)8-17-14/h5-8,13,15H,1-4H3. The molecule has 17 heavy (non-hydrogen) atoms. The highest BCUT2D eigenvalue weighted by Gasteiger charge is 2.17. The Bertz CT molecular complexity index is 517. The normalized spacial score (nSPS) is 12.7. The fourth-order valence-electron chi connectivity index (χ4n) is 1.99. The lowest BCUT2D eigenvalue weighted by atomic mass is 9.99. The molecule has 1 unspecified atom stereocenters. The molecule has 0 aliphatic carbocycles. The summed E-state index contributed by atoms with van der Waals surface area (Å²) in [5, 5.41) is 6.60. The van der Waals surface area contributed by atoms with Crippen molar-refractivity contribution >= 4 is 11.3 Å². The molecule has 0 radical (unpaired) electrons. The summed E-state index contributed by atoms with van der Waals surface area (Å²) >= 11 is 1.72. The number of thiazole rings is 1. The number of aryl methyl sites for hydroxylation is 3. The third kappa shape index (κ3) is 2.56. The quantitative estimate of drug-likeness (QED) is 0.898. The van der Waals surface area contributed by atoms with Crippen LogP contribution < -0.4 is 5.32 Å². The van der Waals surface area contributed by atoms with Gasteiger partial charge in [0, 0.05) is 11.1 Å². The van der Waals surface area contributed by atoms with Crippen LogP contribution in [0.5, 0.6) is 0 Å². The Hall–Kier alpha value is -1.19. The van der Waals surface area contributed by atoms with Crippen LogP contribution in [0, 0.1) is 20.8 Å². The minimum Gasteiger partial charge on any atom is -0.307 e. The topological polar surface area (TPSA) is 24.9 Å². The van der Waals surface area contributed by atoms with Crippen LogP contribution in [0.15, 0.2) is 23.6 Å². The summed E-state index contributed by atoms with van der Waals surface area (Å²) in [6.45, 7) is 6.32.